The lowest BCUT2D eigenvalue weighted by molar-refractivity contribution is -0.131. The third kappa shape index (κ3) is 3.22. The van der Waals surface area contributed by atoms with Crippen LogP contribution in [0.25, 0.3) is 0 Å². The quantitative estimate of drug-likeness (QED) is 0.605. The van der Waals surface area contributed by atoms with Crippen LogP contribution in [0.15, 0.2) is 23.0 Å². The van der Waals surface area contributed by atoms with Gasteiger partial charge in [-0.25, -0.2) is 0 Å². The molecule has 0 aromatic carbocycles. The molecule has 0 radical (unpaired) electrons. The third-order valence-corrected chi connectivity index (χ3v) is 10.3. The largest absolute Gasteiger partial charge is 0.472 e. The lowest BCUT2D eigenvalue weighted by Gasteiger charge is -2.61. The first-order chi connectivity index (χ1) is 14.1. The molecule has 0 bridgehead atoms. The molecular weight excluding hydrogens is 358 g/mol. The van der Waals surface area contributed by atoms with Crippen LogP contribution in [0, 0.1) is 34.5 Å². The highest BCUT2D eigenvalue weighted by Gasteiger charge is 2.60. The second-order valence-corrected chi connectivity index (χ2v) is 11.3. The van der Waals surface area contributed by atoms with Gasteiger partial charge in [0.05, 0.1) is 18.6 Å². The molecule has 5 rings (SSSR count). The van der Waals surface area contributed by atoms with Gasteiger partial charge in [0, 0.05) is 6.61 Å². The van der Waals surface area contributed by atoms with Crippen molar-refractivity contribution >= 4 is 0 Å². The average molecular weight is 400 g/mol. The van der Waals surface area contributed by atoms with Gasteiger partial charge in [0.2, 0.25) is 0 Å². The maximum absolute atomic E-state index is 6.21. The minimum absolute atomic E-state index is 0.483. The van der Waals surface area contributed by atoms with Gasteiger partial charge in [0.1, 0.15) is 0 Å². The van der Waals surface area contributed by atoms with Gasteiger partial charge in [-0.1, -0.05) is 13.8 Å². The van der Waals surface area contributed by atoms with Crippen molar-refractivity contribution in [3.63, 3.8) is 0 Å². The highest BCUT2D eigenvalue weighted by molar-refractivity contribution is 5.22. The molecule has 0 aliphatic heterocycles. The Bertz CT molecular complexity index is 687. The summed E-state index contributed by atoms with van der Waals surface area (Å²) in [5, 5.41) is 0. The maximum Gasteiger partial charge on any atom is 0.0937 e. The van der Waals surface area contributed by atoms with E-state index in [0.717, 1.165) is 43.2 Å². The van der Waals surface area contributed by atoms with Crippen LogP contribution < -0.4 is 5.73 Å². The average Bonchev–Trinajstić information content (AvgIpc) is 3.35. The highest BCUT2D eigenvalue weighted by atomic mass is 16.5. The summed E-state index contributed by atoms with van der Waals surface area (Å²) < 4.78 is 11.7. The fraction of sp³-hybridized carbons (Fsp3) is 0.846. The van der Waals surface area contributed by atoms with E-state index >= 15 is 0 Å². The second kappa shape index (κ2) is 7.71. The van der Waals surface area contributed by atoms with E-state index in [4.69, 9.17) is 14.9 Å². The van der Waals surface area contributed by atoms with Crippen LogP contribution in [0.1, 0.15) is 89.5 Å². The highest BCUT2D eigenvalue weighted by Crippen LogP contribution is 2.69. The van der Waals surface area contributed by atoms with E-state index in [1.165, 1.54) is 63.4 Å². The molecule has 1 heterocycles. The molecule has 1 aromatic heterocycles. The molecule has 3 heteroatoms. The molecular formula is C26H41NO2. The van der Waals surface area contributed by atoms with Crippen molar-refractivity contribution in [1.82, 2.24) is 0 Å². The summed E-state index contributed by atoms with van der Waals surface area (Å²) in [6.45, 7) is 6.88. The molecule has 3 nitrogen and oxygen atoms in total. The van der Waals surface area contributed by atoms with Crippen molar-refractivity contribution in [1.29, 1.82) is 0 Å². The van der Waals surface area contributed by atoms with Gasteiger partial charge in [-0.05, 0) is 123 Å². The van der Waals surface area contributed by atoms with Crippen LogP contribution >= 0.6 is 0 Å². The molecule has 2 N–H and O–H groups in total. The van der Waals surface area contributed by atoms with Crippen molar-refractivity contribution < 1.29 is 9.15 Å². The Hall–Kier alpha value is -0.800. The zero-order chi connectivity index (χ0) is 20.1. The van der Waals surface area contributed by atoms with Crippen LogP contribution in [0.5, 0.6) is 0 Å². The van der Waals surface area contributed by atoms with E-state index in [1.54, 1.807) is 0 Å². The first kappa shape index (κ1) is 20.1. The van der Waals surface area contributed by atoms with Gasteiger partial charge in [0.25, 0.3) is 0 Å². The van der Waals surface area contributed by atoms with Crippen LogP contribution in [0.4, 0.5) is 0 Å². The number of nitrogens with two attached hydrogens (primary N) is 1. The first-order valence-corrected chi connectivity index (χ1v) is 12.4. The molecule has 4 aliphatic carbocycles. The monoisotopic (exact) mass is 399 g/mol. The fourth-order valence-electron chi connectivity index (χ4n) is 8.72. The molecule has 1 aromatic rings. The van der Waals surface area contributed by atoms with Crippen molar-refractivity contribution in [3.8, 4) is 0 Å². The summed E-state index contributed by atoms with van der Waals surface area (Å²) in [5.74, 6) is 4.38. The zero-order valence-corrected chi connectivity index (χ0v) is 18.6. The third-order valence-electron chi connectivity index (χ3n) is 10.3. The van der Waals surface area contributed by atoms with Crippen molar-refractivity contribution in [2.24, 2.45) is 40.2 Å². The Kier molecular flexibility index (Phi) is 5.35. The molecule has 0 saturated heterocycles. The van der Waals surface area contributed by atoms with Crippen molar-refractivity contribution in [3.05, 3.63) is 24.2 Å². The Balaban J connectivity index is 1.31. The standard InChI is InChI=1S/C26H41NO2/c1-25-11-8-20(29-14-3-13-27)16-19(25)4-5-21-23-7-6-22(18-10-15-28-17-18)26(23,2)12-9-24(21)25/h10,15,17,19-24H,3-9,11-14,16,27H2,1-2H3/t19-,20+,21+,22+,23-,24+,25+,26-/m1/s1. The molecule has 0 spiro atoms. The normalized spacial score (nSPS) is 46.7. The molecule has 4 saturated carbocycles. The molecule has 162 valence electrons. The van der Waals surface area contributed by atoms with Crippen molar-refractivity contribution in [2.45, 2.75) is 90.1 Å². The van der Waals surface area contributed by atoms with Crippen LogP contribution in [-0.4, -0.2) is 19.3 Å². The summed E-state index contributed by atoms with van der Waals surface area (Å²) in [6, 6.07) is 2.23. The van der Waals surface area contributed by atoms with Gasteiger partial charge in [-0.15, -0.1) is 0 Å². The van der Waals surface area contributed by atoms with E-state index in [2.05, 4.69) is 19.9 Å². The molecule has 4 fully saturated rings. The predicted molar refractivity (Wildman–Crippen MR) is 117 cm³/mol. The smallest absolute Gasteiger partial charge is 0.0937 e. The molecule has 4 aliphatic rings. The van der Waals surface area contributed by atoms with Crippen LogP contribution in [0.3, 0.4) is 0 Å². The van der Waals surface area contributed by atoms with Crippen LogP contribution in [-0.2, 0) is 4.74 Å². The topological polar surface area (TPSA) is 48.4 Å². The summed E-state index contributed by atoms with van der Waals surface area (Å²) in [4.78, 5) is 0. The number of rotatable bonds is 5. The minimum atomic E-state index is 0.483. The van der Waals surface area contributed by atoms with E-state index in [-0.39, 0.29) is 0 Å². The lowest BCUT2D eigenvalue weighted by atomic mass is 9.44. The first-order valence-electron chi connectivity index (χ1n) is 12.4. The van der Waals surface area contributed by atoms with E-state index in [0.29, 0.717) is 22.9 Å². The van der Waals surface area contributed by atoms with Gasteiger partial charge < -0.3 is 14.9 Å². The number of hydrogen-bond donors (Lipinski definition) is 1. The number of hydrogen-bond acceptors (Lipinski definition) is 3. The predicted octanol–water partition coefficient (Wildman–Crippen LogP) is 6.14. The SMILES string of the molecule is C[C@]12CC[C@H]3[C@@H](CC[C@@H]4C[C@@H](OCCCN)CC[C@@]43C)[C@H]1CC[C@H]2c1ccoc1. The Morgan fingerprint density at radius 3 is 2.66 bits per heavy atom. The number of fused-ring (bicyclic) bond motifs is 5. The number of furan rings is 1. The minimum Gasteiger partial charge on any atom is -0.472 e. The summed E-state index contributed by atoms with van der Waals surface area (Å²) in [6.07, 6.45) is 17.8. The van der Waals surface area contributed by atoms with Gasteiger partial charge in [-0.2, -0.15) is 0 Å². The Morgan fingerprint density at radius 1 is 1.03 bits per heavy atom. The molecule has 0 unspecified atom stereocenters. The zero-order valence-electron chi connectivity index (χ0n) is 18.6. The van der Waals surface area contributed by atoms with Crippen LogP contribution in [0.2, 0.25) is 0 Å². The van der Waals surface area contributed by atoms with Crippen molar-refractivity contribution in [2.75, 3.05) is 13.2 Å². The lowest BCUT2D eigenvalue weighted by Crippen LogP contribution is -2.53. The van der Waals surface area contributed by atoms with E-state index in [9.17, 15) is 0 Å². The van der Waals surface area contributed by atoms with E-state index < -0.39 is 0 Å². The van der Waals surface area contributed by atoms with Gasteiger partial charge in [0.15, 0.2) is 0 Å². The molecule has 8 atom stereocenters. The fourth-order valence-corrected chi connectivity index (χ4v) is 8.72. The number of ether oxygens (including phenoxy) is 1. The summed E-state index contributed by atoms with van der Waals surface area (Å²) in [5.41, 5.74) is 8.15. The Labute approximate surface area is 177 Å². The van der Waals surface area contributed by atoms with Gasteiger partial charge in [-0.3, -0.25) is 0 Å². The molecule has 0 amide bonds. The van der Waals surface area contributed by atoms with E-state index in [1.807, 2.05) is 12.5 Å². The second-order valence-electron chi connectivity index (χ2n) is 11.3. The Morgan fingerprint density at radius 2 is 1.86 bits per heavy atom. The van der Waals surface area contributed by atoms with Gasteiger partial charge >= 0.3 is 0 Å². The summed E-state index contributed by atoms with van der Waals surface area (Å²) >= 11 is 0. The maximum atomic E-state index is 6.21. The summed E-state index contributed by atoms with van der Waals surface area (Å²) in [7, 11) is 0. The molecule has 29 heavy (non-hydrogen) atoms.